The number of fused-ring (bicyclic) bond motifs is 1. The lowest BCUT2D eigenvalue weighted by Gasteiger charge is -2.30. The maximum atomic E-state index is 4.58. The lowest BCUT2D eigenvalue weighted by Crippen LogP contribution is -2.37. The number of hydrogen-bond acceptors (Lipinski definition) is 3. The van der Waals surface area contributed by atoms with Crippen LogP contribution in [-0.2, 0) is 6.54 Å². The molecular formula is C11H18N4. The Bertz CT molecular complexity index is 378. The van der Waals surface area contributed by atoms with E-state index in [0.29, 0.717) is 0 Å². The number of aryl methyl sites for hydroxylation is 2. The van der Waals surface area contributed by atoms with Gasteiger partial charge in [0.1, 0.15) is 5.69 Å². The van der Waals surface area contributed by atoms with Crippen LogP contribution >= 0.6 is 0 Å². The van der Waals surface area contributed by atoms with Crippen LogP contribution in [0, 0.1) is 6.92 Å². The Morgan fingerprint density at radius 2 is 2.27 bits per heavy atom. The first-order valence-electron chi connectivity index (χ1n) is 5.89. The largest absolute Gasteiger partial charge is 0.379 e. The van der Waals surface area contributed by atoms with E-state index < -0.39 is 0 Å². The van der Waals surface area contributed by atoms with Crippen LogP contribution in [-0.4, -0.2) is 28.9 Å². The molecule has 2 aliphatic rings. The second-order valence-corrected chi connectivity index (χ2v) is 4.45. The van der Waals surface area contributed by atoms with Crippen LogP contribution in [0.1, 0.15) is 25.5 Å². The van der Waals surface area contributed by atoms with Crippen LogP contribution in [0.15, 0.2) is 0 Å². The summed E-state index contributed by atoms with van der Waals surface area (Å²) in [5.74, 6) is 1.32. The van der Waals surface area contributed by atoms with Crippen molar-refractivity contribution in [1.82, 2.24) is 9.78 Å². The molecule has 0 aromatic carbocycles. The molecule has 15 heavy (non-hydrogen) atoms. The van der Waals surface area contributed by atoms with Crippen LogP contribution < -0.4 is 10.2 Å². The van der Waals surface area contributed by atoms with Gasteiger partial charge in [-0.2, -0.15) is 5.10 Å². The van der Waals surface area contributed by atoms with Gasteiger partial charge in [-0.15, -0.1) is 0 Å². The fraction of sp³-hybridized carbons (Fsp3) is 0.727. The smallest absolute Gasteiger partial charge is 0.151 e. The molecule has 1 aliphatic carbocycles. The third-order valence-corrected chi connectivity index (χ3v) is 3.31. The SMILES string of the molecule is CCn1nc(C)c2c1N(C1CC1)CCN2. The van der Waals surface area contributed by atoms with Crippen molar-refractivity contribution in [3.63, 3.8) is 0 Å². The van der Waals surface area contributed by atoms with Crippen molar-refractivity contribution in [2.45, 2.75) is 39.3 Å². The van der Waals surface area contributed by atoms with E-state index >= 15 is 0 Å². The molecule has 1 aromatic rings. The van der Waals surface area contributed by atoms with Gasteiger partial charge < -0.3 is 10.2 Å². The highest BCUT2D eigenvalue weighted by molar-refractivity contribution is 5.72. The van der Waals surface area contributed by atoms with Gasteiger partial charge >= 0.3 is 0 Å². The first-order valence-corrected chi connectivity index (χ1v) is 5.89. The maximum Gasteiger partial charge on any atom is 0.151 e. The molecule has 0 saturated heterocycles. The molecule has 1 aliphatic heterocycles. The van der Waals surface area contributed by atoms with Crippen LogP contribution in [0.2, 0.25) is 0 Å². The summed E-state index contributed by atoms with van der Waals surface area (Å²) in [6, 6.07) is 0.784. The standard InChI is InChI=1S/C11H18N4/c1-3-15-11-10(8(2)13-15)12-6-7-14(11)9-4-5-9/h9,12H,3-7H2,1-2H3. The van der Waals surface area contributed by atoms with Crippen LogP contribution in [0.5, 0.6) is 0 Å². The van der Waals surface area contributed by atoms with Crippen molar-refractivity contribution in [1.29, 1.82) is 0 Å². The van der Waals surface area contributed by atoms with Crippen molar-refractivity contribution < 1.29 is 0 Å². The summed E-state index contributed by atoms with van der Waals surface area (Å²) in [5, 5.41) is 8.06. The molecule has 82 valence electrons. The third kappa shape index (κ3) is 1.31. The Morgan fingerprint density at radius 1 is 1.47 bits per heavy atom. The highest BCUT2D eigenvalue weighted by Gasteiger charge is 2.35. The predicted octanol–water partition coefficient (Wildman–Crippen LogP) is 1.61. The van der Waals surface area contributed by atoms with Gasteiger partial charge in [-0.1, -0.05) is 0 Å². The fourth-order valence-electron chi connectivity index (χ4n) is 2.44. The highest BCUT2D eigenvalue weighted by Crippen LogP contribution is 2.39. The molecule has 3 rings (SSSR count). The molecule has 1 N–H and O–H groups in total. The molecule has 2 heterocycles. The summed E-state index contributed by atoms with van der Waals surface area (Å²) in [4.78, 5) is 2.54. The molecule has 0 unspecified atom stereocenters. The summed E-state index contributed by atoms with van der Waals surface area (Å²) in [6.07, 6.45) is 2.71. The Kier molecular flexibility index (Phi) is 1.90. The van der Waals surface area contributed by atoms with Gasteiger partial charge in [0.25, 0.3) is 0 Å². The molecule has 0 spiro atoms. The predicted molar refractivity (Wildman–Crippen MR) is 61.5 cm³/mol. The number of anilines is 2. The molecule has 0 atom stereocenters. The van der Waals surface area contributed by atoms with Gasteiger partial charge in [-0.3, -0.25) is 0 Å². The Labute approximate surface area is 90.3 Å². The van der Waals surface area contributed by atoms with E-state index in [1.165, 1.54) is 24.3 Å². The molecule has 0 radical (unpaired) electrons. The van der Waals surface area contributed by atoms with Gasteiger partial charge in [-0.25, -0.2) is 4.68 Å². The Balaban J connectivity index is 2.06. The maximum absolute atomic E-state index is 4.58. The van der Waals surface area contributed by atoms with Crippen LogP contribution in [0.4, 0.5) is 11.5 Å². The van der Waals surface area contributed by atoms with Gasteiger partial charge in [0.2, 0.25) is 0 Å². The van der Waals surface area contributed by atoms with E-state index in [2.05, 4.69) is 33.8 Å². The van der Waals surface area contributed by atoms with Crippen molar-refractivity contribution in [2.75, 3.05) is 23.3 Å². The minimum absolute atomic E-state index is 0.784. The van der Waals surface area contributed by atoms with E-state index in [9.17, 15) is 0 Å². The number of nitrogens with zero attached hydrogens (tertiary/aromatic N) is 3. The molecule has 1 fully saturated rings. The summed E-state index contributed by atoms with van der Waals surface area (Å²) >= 11 is 0. The monoisotopic (exact) mass is 206 g/mol. The zero-order chi connectivity index (χ0) is 10.4. The molecule has 4 nitrogen and oxygen atoms in total. The molecule has 0 amide bonds. The van der Waals surface area contributed by atoms with E-state index in [1.54, 1.807) is 0 Å². The van der Waals surface area contributed by atoms with E-state index in [0.717, 1.165) is 31.4 Å². The second kappa shape index (κ2) is 3.15. The molecule has 1 saturated carbocycles. The first-order chi connectivity index (χ1) is 7.31. The zero-order valence-electron chi connectivity index (χ0n) is 9.45. The fourth-order valence-corrected chi connectivity index (χ4v) is 2.44. The molecular weight excluding hydrogens is 188 g/mol. The van der Waals surface area contributed by atoms with Gasteiger partial charge in [-0.05, 0) is 26.7 Å². The highest BCUT2D eigenvalue weighted by atomic mass is 15.4. The quantitative estimate of drug-likeness (QED) is 0.798. The summed E-state index contributed by atoms with van der Waals surface area (Å²) in [7, 11) is 0. The first kappa shape index (κ1) is 9.07. The molecule has 4 heteroatoms. The number of aromatic nitrogens is 2. The van der Waals surface area contributed by atoms with Gasteiger partial charge in [0.15, 0.2) is 5.82 Å². The molecule has 0 bridgehead atoms. The Morgan fingerprint density at radius 3 is 2.93 bits per heavy atom. The lowest BCUT2D eigenvalue weighted by atomic mass is 10.2. The van der Waals surface area contributed by atoms with Gasteiger partial charge in [0, 0.05) is 25.7 Å². The second-order valence-electron chi connectivity index (χ2n) is 4.45. The van der Waals surface area contributed by atoms with Crippen molar-refractivity contribution in [3.8, 4) is 0 Å². The number of rotatable bonds is 2. The average Bonchev–Trinajstić information content (AvgIpc) is 3.04. The Hall–Kier alpha value is -1.19. The van der Waals surface area contributed by atoms with E-state index in [1.807, 2.05) is 0 Å². The third-order valence-electron chi connectivity index (χ3n) is 3.31. The van der Waals surface area contributed by atoms with Crippen molar-refractivity contribution in [3.05, 3.63) is 5.69 Å². The van der Waals surface area contributed by atoms with Crippen molar-refractivity contribution >= 4 is 11.5 Å². The topological polar surface area (TPSA) is 33.1 Å². The minimum atomic E-state index is 0.784. The molecule has 1 aromatic heterocycles. The van der Waals surface area contributed by atoms with Crippen molar-refractivity contribution in [2.24, 2.45) is 0 Å². The normalized spacial score (nSPS) is 20.0. The number of hydrogen-bond donors (Lipinski definition) is 1. The zero-order valence-corrected chi connectivity index (χ0v) is 9.45. The average molecular weight is 206 g/mol. The van der Waals surface area contributed by atoms with Crippen LogP contribution in [0.3, 0.4) is 0 Å². The summed E-state index contributed by atoms with van der Waals surface area (Å²) in [6.45, 7) is 7.39. The van der Waals surface area contributed by atoms with E-state index in [4.69, 9.17) is 0 Å². The minimum Gasteiger partial charge on any atom is -0.379 e. The van der Waals surface area contributed by atoms with E-state index in [-0.39, 0.29) is 0 Å². The lowest BCUT2D eigenvalue weighted by molar-refractivity contribution is 0.625. The van der Waals surface area contributed by atoms with Crippen LogP contribution in [0.25, 0.3) is 0 Å². The summed E-state index contributed by atoms with van der Waals surface area (Å²) in [5.41, 5.74) is 2.40. The van der Waals surface area contributed by atoms with Gasteiger partial charge in [0.05, 0.1) is 5.69 Å². The summed E-state index contributed by atoms with van der Waals surface area (Å²) < 4.78 is 2.13. The number of nitrogens with one attached hydrogen (secondary N) is 1.